The zero-order valence-electron chi connectivity index (χ0n) is 13.5. The maximum atomic E-state index is 12.0. The first-order valence-electron chi connectivity index (χ1n) is 7.61. The van der Waals surface area contributed by atoms with E-state index in [-0.39, 0.29) is 10.8 Å². The van der Waals surface area contributed by atoms with E-state index in [0.29, 0.717) is 5.56 Å². The van der Waals surface area contributed by atoms with Crippen molar-refractivity contribution in [2.75, 3.05) is 0 Å². The van der Waals surface area contributed by atoms with Crippen molar-refractivity contribution < 1.29 is 9.90 Å². The quantitative estimate of drug-likeness (QED) is 0.487. The molecule has 0 aliphatic carbocycles. The van der Waals surface area contributed by atoms with E-state index in [0.717, 1.165) is 22.5 Å². The molecule has 5 nitrogen and oxygen atoms in total. The summed E-state index contributed by atoms with van der Waals surface area (Å²) in [6.45, 7) is 1.94. The van der Waals surface area contributed by atoms with Crippen LogP contribution in [0.5, 0.6) is 5.75 Å². The van der Waals surface area contributed by atoms with E-state index >= 15 is 0 Å². The number of aryl methyl sites for hydroxylation is 1. The van der Waals surface area contributed by atoms with Crippen LogP contribution in [0.25, 0.3) is 11.3 Å². The number of nitrogens with one attached hydrogen (secondary N) is 2. The van der Waals surface area contributed by atoms with Gasteiger partial charge in [0.1, 0.15) is 5.75 Å². The third kappa shape index (κ3) is 3.89. The number of hydrogen-bond acceptors (Lipinski definition) is 3. The first-order chi connectivity index (χ1) is 12.0. The molecule has 1 heterocycles. The molecule has 3 rings (SSSR count). The minimum absolute atomic E-state index is 0.0712. The Bertz CT molecular complexity index is 933. The zero-order chi connectivity index (χ0) is 17.8. The predicted octanol–water partition coefficient (Wildman–Crippen LogP) is 4.11. The maximum Gasteiger partial charge on any atom is 0.271 e. The topological polar surface area (TPSA) is 77.5 Å². The number of phenols is 1. The minimum atomic E-state index is -0.408. The molecule has 0 bridgehead atoms. The fraction of sp³-hybridized carbons (Fsp3) is 0.0526. The van der Waals surface area contributed by atoms with Crippen molar-refractivity contribution in [3.8, 4) is 17.0 Å². The van der Waals surface area contributed by atoms with Gasteiger partial charge in [0.15, 0.2) is 0 Å². The fourth-order valence-electron chi connectivity index (χ4n) is 2.35. The van der Waals surface area contributed by atoms with Crippen molar-refractivity contribution in [3.05, 3.63) is 76.4 Å². The number of H-pyrrole nitrogens is 1. The second-order valence-corrected chi connectivity index (χ2v) is 5.90. The summed E-state index contributed by atoms with van der Waals surface area (Å²) in [4.78, 5) is 15.3. The van der Waals surface area contributed by atoms with Crippen molar-refractivity contribution in [1.29, 1.82) is 0 Å². The third-order valence-electron chi connectivity index (χ3n) is 3.72. The molecule has 0 atom stereocenters. The molecule has 1 amide bonds. The molecule has 0 aliphatic heterocycles. The van der Waals surface area contributed by atoms with Gasteiger partial charge in [-0.15, -0.1) is 0 Å². The second-order valence-electron chi connectivity index (χ2n) is 5.49. The van der Waals surface area contributed by atoms with Gasteiger partial charge in [-0.3, -0.25) is 4.79 Å². The standard InChI is InChI=1S/C19H16ClN3O2/c1-12-15(10-17(22-12)13-5-3-2-4-6-13)11-21-23-19(25)14-7-8-18(24)16(20)9-14/h2-11,22,24H,1H3,(H,23,25). The largest absolute Gasteiger partial charge is 0.506 e. The highest BCUT2D eigenvalue weighted by Gasteiger charge is 2.08. The number of nitrogens with zero attached hydrogens (tertiary/aromatic N) is 1. The second kappa shape index (κ2) is 7.23. The molecule has 1 aromatic heterocycles. The smallest absolute Gasteiger partial charge is 0.271 e. The number of halogens is 1. The summed E-state index contributed by atoms with van der Waals surface area (Å²) in [5.74, 6) is -0.479. The van der Waals surface area contributed by atoms with Crippen LogP contribution in [0.15, 0.2) is 59.7 Å². The van der Waals surface area contributed by atoms with Crippen LogP contribution in [0.1, 0.15) is 21.6 Å². The third-order valence-corrected chi connectivity index (χ3v) is 4.02. The first-order valence-corrected chi connectivity index (χ1v) is 7.99. The van der Waals surface area contributed by atoms with Gasteiger partial charge in [-0.1, -0.05) is 41.9 Å². The lowest BCUT2D eigenvalue weighted by Crippen LogP contribution is -2.17. The number of carbonyl (C=O) groups is 1. The van der Waals surface area contributed by atoms with E-state index in [9.17, 15) is 9.90 Å². The number of aromatic nitrogens is 1. The summed E-state index contributed by atoms with van der Waals surface area (Å²) >= 11 is 5.80. The SMILES string of the molecule is Cc1[nH]c(-c2ccccc2)cc1C=NNC(=O)c1ccc(O)c(Cl)c1. The molecule has 0 radical (unpaired) electrons. The van der Waals surface area contributed by atoms with E-state index in [1.807, 2.05) is 43.3 Å². The van der Waals surface area contributed by atoms with Gasteiger partial charge in [0, 0.05) is 22.5 Å². The fourth-order valence-corrected chi connectivity index (χ4v) is 2.53. The van der Waals surface area contributed by atoms with Crippen molar-refractivity contribution in [2.45, 2.75) is 6.92 Å². The Kier molecular flexibility index (Phi) is 4.86. The van der Waals surface area contributed by atoms with Gasteiger partial charge in [-0.25, -0.2) is 5.43 Å². The average molecular weight is 354 g/mol. The monoisotopic (exact) mass is 353 g/mol. The van der Waals surface area contributed by atoms with Crippen molar-refractivity contribution in [3.63, 3.8) is 0 Å². The summed E-state index contributed by atoms with van der Waals surface area (Å²) in [6, 6.07) is 16.1. The van der Waals surface area contributed by atoms with E-state index in [4.69, 9.17) is 11.6 Å². The zero-order valence-corrected chi connectivity index (χ0v) is 14.2. The summed E-state index contributed by atoms with van der Waals surface area (Å²) in [5.41, 5.74) is 6.65. The molecule has 25 heavy (non-hydrogen) atoms. The van der Waals surface area contributed by atoms with Crippen LogP contribution < -0.4 is 5.43 Å². The Hall–Kier alpha value is -3.05. The normalized spacial score (nSPS) is 11.0. The predicted molar refractivity (Wildman–Crippen MR) is 99.1 cm³/mol. The Labute approximate surface area is 150 Å². The van der Waals surface area contributed by atoms with Crippen LogP contribution in [0.4, 0.5) is 0 Å². The van der Waals surface area contributed by atoms with Crippen LogP contribution in [0.2, 0.25) is 5.02 Å². The lowest BCUT2D eigenvalue weighted by Gasteiger charge is -2.01. The molecular formula is C19H16ClN3O2. The number of aromatic amines is 1. The van der Waals surface area contributed by atoms with Gasteiger partial charge >= 0.3 is 0 Å². The summed E-state index contributed by atoms with van der Waals surface area (Å²) in [6.07, 6.45) is 1.58. The summed E-state index contributed by atoms with van der Waals surface area (Å²) < 4.78 is 0. The molecular weight excluding hydrogens is 338 g/mol. The minimum Gasteiger partial charge on any atom is -0.506 e. The summed E-state index contributed by atoms with van der Waals surface area (Å²) in [7, 11) is 0. The van der Waals surface area contributed by atoms with E-state index in [2.05, 4.69) is 15.5 Å². The van der Waals surface area contributed by atoms with Gasteiger partial charge in [0.05, 0.1) is 11.2 Å². The van der Waals surface area contributed by atoms with Gasteiger partial charge in [-0.05, 0) is 36.8 Å². The molecule has 2 aromatic carbocycles. The molecule has 0 saturated heterocycles. The van der Waals surface area contributed by atoms with Gasteiger partial charge in [0.2, 0.25) is 0 Å². The highest BCUT2D eigenvalue weighted by Crippen LogP contribution is 2.23. The van der Waals surface area contributed by atoms with E-state index in [1.165, 1.54) is 18.2 Å². The molecule has 3 N–H and O–H groups in total. The number of hydrazone groups is 1. The van der Waals surface area contributed by atoms with Crippen molar-refractivity contribution >= 4 is 23.7 Å². The molecule has 0 fully saturated rings. The molecule has 0 aliphatic rings. The van der Waals surface area contributed by atoms with Gasteiger partial charge < -0.3 is 10.1 Å². The number of hydrogen-bond donors (Lipinski definition) is 3. The Morgan fingerprint density at radius 2 is 1.96 bits per heavy atom. The number of aromatic hydroxyl groups is 1. The maximum absolute atomic E-state index is 12.0. The number of carbonyl (C=O) groups excluding carboxylic acids is 1. The lowest BCUT2D eigenvalue weighted by atomic mass is 10.1. The van der Waals surface area contributed by atoms with Gasteiger partial charge in [-0.2, -0.15) is 5.10 Å². The van der Waals surface area contributed by atoms with Crippen LogP contribution in [0, 0.1) is 6.92 Å². The average Bonchev–Trinajstić information content (AvgIpc) is 2.99. The number of rotatable bonds is 4. The molecule has 6 heteroatoms. The van der Waals surface area contributed by atoms with E-state index < -0.39 is 5.91 Å². The Balaban J connectivity index is 1.71. The van der Waals surface area contributed by atoms with Crippen molar-refractivity contribution in [1.82, 2.24) is 10.4 Å². The van der Waals surface area contributed by atoms with Gasteiger partial charge in [0.25, 0.3) is 5.91 Å². The first kappa shape index (κ1) is 16.8. The molecule has 0 spiro atoms. The number of phenolic OH excluding ortho intramolecular Hbond substituents is 1. The highest BCUT2D eigenvalue weighted by molar-refractivity contribution is 6.32. The van der Waals surface area contributed by atoms with Crippen LogP contribution in [-0.4, -0.2) is 22.2 Å². The van der Waals surface area contributed by atoms with Crippen LogP contribution in [0.3, 0.4) is 0 Å². The molecule has 126 valence electrons. The Morgan fingerprint density at radius 1 is 1.20 bits per heavy atom. The lowest BCUT2D eigenvalue weighted by molar-refractivity contribution is 0.0955. The summed E-state index contributed by atoms with van der Waals surface area (Å²) in [5, 5.41) is 13.5. The molecule has 0 unspecified atom stereocenters. The molecule has 0 saturated carbocycles. The van der Waals surface area contributed by atoms with Crippen molar-refractivity contribution in [2.24, 2.45) is 5.10 Å². The van der Waals surface area contributed by atoms with Crippen LogP contribution in [-0.2, 0) is 0 Å². The molecule has 3 aromatic rings. The number of amides is 1. The highest BCUT2D eigenvalue weighted by atomic mass is 35.5. The van der Waals surface area contributed by atoms with E-state index in [1.54, 1.807) is 6.21 Å². The Morgan fingerprint density at radius 3 is 2.68 bits per heavy atom. The number of benzene rings is 2. The van der Waals surface area contributed by atoms with Crippen LogP contribution >= 0.6 is 11.6 Å².